The summed E-state index contributed by atoms with van der Waals surface area (Å²) in [4.78, 5) is 2.64. The number of nitrogens with zero attached hydrogens (tertiary/aromatic N) is 1. The van der Waals surface area contributed by atoms with Crippen LogP contribution in [0.3, 0.4) is 0 Å². The fourth-order valence-electron chi connectivity index (χ4n) is 7.45. The molecule has 1 nitrogen and oxygen atoms in total. The third-order valence-corrected chi connectivity index (χ3v) is 9.44. The van der Waals surface area contributed by atoms with Crippen LogP contribution < -0.4 is 4.90 Å². The lowest BCUT2D eigenvalue weighted by Crippen LogP contribution is -2.38. The molecule has 0 aliphatic heterocycles. The van der Waals surface area contributed by atoms with Gasteiger partial charge in [0.2, 0.25) is 0 Å². The molecule has 0 aromatic heterocycles. The van der Waals surface area contributed by atoms with Gasteiger partial charge in [0.15, 0.2) is 0 Å². The zero-order valence-corrected chi connectivity index (χ0v) is 24.0. The van der Waals surface area contributed by atoms with Gasteiger partial charge in [-0.3, -0.25) is 0 Å². The Balaban J connectivity index is 1.46. The molecule has 0 heterocycles. The number of hydrogen-bond acceptors (Lipinski definition) is 1. The predicted molar refractivity (Wildman–Crippen MR) is 178 cm³/mol. The molecule has 0 saturated carbocycles. The Morgan fingerprint density at radius 3 is 2.26 bits per heavy atom. The zero-order chi connectivity index (χ0) is 28.3. The molecule has 5 aromatic carbocycles. The zero-order valence-electron chi connectivity index (χ0n) is 24.0. The molecule has 3 aliphatic rings. The minimum atomic E-state index is -0.0692. The molecule has 42 heavy (non-hydrogen) atoms. The van der Waals surface area contributed by atoms with E-state index in [1.165, 1.54) is 61.1 Å². The van der Waals surface area contributed by atoms with Gasteiger partial charge >= 0.3 is 0 Å². The van der Waals surface area contributed by atoms with E-state index in [-0.39, 0.29) is 17.4 Å². The van der Waals surface area contributed by atoms with Crippen LogP contribution in [0.5, 0.6) is 0 Å². The van der Waals surface area contributed by atoms with Gasteiger partial charge in [-0.25, -0.2) is 0 Å². The third kappa shape index (κ3) is 3.70. The molecule has 1 heteroatoms. The first-order valence-electron chi connectivity index (χ1n) is 15.0. The molecule has 8 rings (SSSR count). The number of allylic oxidation sites excluding steroid dienone is 5. The minimum Gasteiger partial charge on any atom is -0.332 e. The monoisotopic (exact) mass is 539 g/mol. The Hall–Kier alpha value is -4.88. The highest BCUT2D eigenvalue weighted by Crippen LogP contribution is 2.55. The lowest BCUT2D eigenvalue weighted by molar-refractivity contribution is 0.638. The summed E-state index contributed by atoms with van der Waals surface area (Å²) in [6, 6.07) is 40.4. The summed E-state index contributed by atoms with van der Waals surface area (Å²) in [6.07, 6.45) is 15.9. The van der Waals surface area contributed by atoms with Crippen LogP contribution in [0.1, 0.15) is 25.0 Å². The molecule has 0 fully saturated rings. The highest BCUT2D eigenvalue weighted by Gasteiger charge is 2.40. The van der Waals surface area contributed by atoms with Crippen LogP contribution in [-0.4, -0.2) is 6.04 Å². The molecule has 2 unspecified atom stereocenters. The summed E-state index contributed by atoms with van der Waals surface area (Å²) in [5, 5.41) is 2.53. The van der Waals surface area contributed by atoms with Gasteiger partial charge < -0.3 is 4.90 Å². The average Bonchev–Trinajstić information content (AvgIpc) is 3.28. The van der Waals surface area contributed by atoms with Crippen molar-refractivity contribution in [2.45, 2.75) is 25.3 Å². The van der Waals surface area contributed by atoms with Crippen LogP contribution in [0.15, 0.2) is 157 Å². The van der Waals surface area contributed by atoms with Crippen LogP contribution in [-0.2, 0) is 5.41 Å². The largest absolute Gasteiger partial charge is 0.332 e. The van der Waals surface area contributed by atoms with Crippen molar-refractivity contribution in [2.75, 3.05) is 4.90 Å². The van der Waals surface area contributed by atoms with Gasteiger partial charge in [-0.2, -0.15) is 0 Å². The molecular weight excluding hydrogens is 506 g/mol. The molecule has 0 bridgehead atoms. The number of benzene rings is 5. The molecule has 0 saturated heterocycles. The van der Waals surface area contributed by atoms with Crippen LogP contribution in [0.4, 0.5) is 11.4 Å². The number of fused-ring (bicyclic) bond motifs is 5. The van der Waals surface area contributed by atoms with Crippen molar-refractivity contribution >= 4 is 22.1 Å². The lowest BCUT2D eigenvalue weighted by Gasteiger charge is -2.41. The van der Waals surface area contributed by atoms with Crippen LogP contribution in [0.2, 0.25) is 0 Å². The summed E-state index contributed by atoms with van der Waals surface area (Å²) in [7, 11) is 0. The highest BCUT2D eigenvalue weighted by molar-refractivity contribution is 6.05. The predicted octanol–water partition coefficient (Wildman–Crippen LogP) is 10.6. The first kappa shape index (κ1) is 24.9. The average molecular weight is 540 g/mol. The van der Waals surface area contributed by atoms with Gasteiger partial charge in [0.1, 0.15) is 0 Å². The number of hydrogen-bond donors (Lipinski definition) is 0. The van der Waals surface area contributed by atoms with E-state index in [0.717, 1.165) is 0 Å². The topological polar surface area (TPSA) is 3.24 Å². The molecule has 0 spiro atoms. The van der Waals surface area contributed by atoms with Crippen molar-refractivity contribution in [1.29, 1.82) is 0 Å². The van der Waals surface area contributed by atoms with E-state index in [9.17, 15) is 0 Å². The van der Waals surface area contributed by atoms with Crippen molar-refractivity contribution in [3.8, 4) is 22.3 Å². The maximum Gasteiger partial charge on any atom is 0.0629 e. The molecule has 0 amide bonds. The molecule has 3 aliphatic carbocycles. The SMILES string of the molecule is CC1(C)c2ccccc2-c2c(N(c3ccc4ccccc4c3-c3ccccc3)C3C=CC=C4C=CC=CC43)cccc21. The lowest BCUT2D eigenvalue weighted by atomic mass is 9.81. The molecule has 5 aromatic rings. The quantitative estimate of drug-likeness (QED) is 0.220. The van der Waals surface area contributed by atoms with Gasteiger partial charge in [-0.1, -0.05) is 153 Å². The first-order chi connectivity index (χ1) is 20.6. The van der Waals surface area contributed by atoms with Crippen molar-refractivity contribution in [3.63, 3.8) is 0 Å². The van der Waals surface area contributed by atoms with Gasteiger partial charge in [0.25, 0.3) is 0 Å². The summed E-state index contributed by atoms with van der Waals surface area (Å²) in [6.45, 7) is 4.74. The van der Waals surface area contributed by atoms with E-state index in [1.807, 2.05) is 0 Å². The third-order valence-electron chi connectivity index (χ3n) is 9.44. The Labute approximate surface area is 248 Å². The van der Waals surface area contributed by atoms with Gasteiger partial charge in [0, 0.05) is 28.1 Å². The minimum absolute atomic E-state index is 0.0692. The second-order valence-electron chi connectivity index (χ2n) is 12.1. The van der Waals surface area contributed by atoms with E-state index in [0.29, 0.717) is 0 Å². The second kappa shape index (κ2) is 9.60. The first-order valence-corrected chi connectivity index (χ1v) is 15.0. The highest BCUT2D eigenvalue weighted by atomic mass is 15.2. The van der Waals surface area contributed by atoms with Gasteiger partial charge in [-0.15, -0.1) is 0 Å². The van der Waals surface area contributed by atoms with Crippen molar-refractivity contribution in [1.82, 2.24) is 0 Å². The Bertz CT molecular complexity index is 1970. The number of rotatable bonds is 4. The van der Waals surface area contributed by atoms with Gasteiger partial charge in [-0.05, 0) is 50.7 Å². The summed E-state index contributed by atoms with van der Waals surface area (Å²) >= 11 is 0. The summed E-state index contributed by atoms with van der Waals surface area (Å²) < 4.78 is 0. The Morgan fingerprint density at radius 2 is 1.36 bits per heavy atom. The van der Waals surface area contributed by atoms with E-state index in [4.69, 9.17) is 0 Å². The smallest absolute Gasteiger partial charge is 0.0629 e. The van der Waals surface area contributed by atoms with E-state index in [2.05, 4.69) is 170 Å². The van der Waals surface area contributed by atoms with Crippen LogP contribution in [0, 0.1) is 5.92 Å². The standard InChI is InChI=1S/C41H33N/c1-41(2)34-22-11-10-21-33(34)40-35(41)23-13-25-37(40)42(36-24-12-18-28-14-6-8-19-31(28)36)38-27-26-29-15-7-9-20-32(29)39(38)30-16-4-3-5-17-30/h3-27,31,36H,1-2H3. The Morgan fingerprint density at radius 1 is 0.595 bits per heavy atom. The molecule has 2 atom stereocenters. The van der Waals surface area contributed by atoms with Gasteiger partial charge in [0.05, 0.1) is 11.7 Å². The molecule has 0 radical (unpaired) electrons. The van der Waals surface area contributed by atoms with E-state index >= 15 is 0 Å². The normalized spacial score (nSPS) is 19.2. The Kier molecular flexibility index (Phi) is 5.69. The fourth-order valence-corrected chi connectivity index (χ4v) is 7.45. The summed E-state index contributed by atoms with van der Waals surface area (Å²) in [5.41, 5.74) is 11.8. The van der Waals surface area contributed by atoms with Crippen molar-refractivity contribution < 1.29 is 0 Å². The maximum absolute atomic E-state index is 2.64. The molecule has 202 valence electrons. The number of anilines is 2. The van der Waals surface area contributed by atoms with Crippen molar-refractivity contribution in [3.05, 3.63) is 168 Å². The van der Waals surface area contributed by atoms with Crippen molar-refractivity contribution in [2.24, 2.45) is 5.92 Å². The van der Waals surface area contributed by atoms with Crippen LogP contribution in [0.25, 0.3) is 33.0 Å². The second-order valence-corrected chi connectivity index (χ2v) is 12.1. The summed E-state index contributed by atoms with van der Waals surface area (Å²) in [5.74, 6) is 0.246. The maximum atomic E-state index is 2.64. The van der Waals surface area contributed by atoms with E-state index < -0.39 is 0 Å². The van der Waals surface area contributed by atoms with E-state index in [1.54, 1.807) is 0 Å². The molecule has 0 N–H and O–H groups in total. The fraction of sp³-hybridized carbons (Fsp3) is 0.122. The molecular formula is C41H33N. The van der Waals surface area contributed by atoms with Crippen LogP contribution >= 0.6 is 0 Å².